The van der Waals surface area contributed by atoms with Gasteiger partial charge >= 0.3 is 6.09 Å². The molecule has 0 aliphatic heterocycles. The van der Waals surface area contributed by atoms with Gasteiger partial charge in [0.15, 0.2) is 0 Å². The Labute approximate surface area is 95.7 Å². The lowest BCUT2D eigenvalue weighted by Gasteiger charge is -2.22. The van der Waals surface area contributed by atoms with E-state index in [-0.39, 0.29) is 12.2 Å². The zero-order valence-corrected chi connectivity index (χ0v) is 9.92. The number of amides is 1. The second-order valence-electron chi connectivity index (χ2n) is 5.15. The Hall–Kier alpha value is -1.50. The van der Waals surface area contributed by atoms with E-state index in [1.807, 2.05) is 0 Å². The van der Waals surface area contributed by atoms with E-state index >= 15 is 0 Å². The van der Waals surface area contributed by atoms with Crippen LogP contribution in [0.3, 0.4) is 0 Å². The van der Waals surface area contributed by atoms with Gasteiger partial charge in [-0.25, -0.2) is 4.79 Å². The lowest BCUT2D eigenvalue weighted by atomic mass is 10.1. The highest BCUT2D eigenvalue weighted by molar-refractivity contribution is 5.96. The number of carbonyl (C=O) groups excluding carboxylic acids is 2. The quantitative estimate of drug-likeness (QED) is 0.584. The molecule has 88 valence electrons. The number of Topliss-reactive ketones (excluding diaryl/α,β-unsaturated/α-hetero) is 1. The molecule has 0 aromatic rings. The molecule has 0 bridgehead atoms. The average molecular weight is 223 g/mol. The maximum absolute atomic E-state index is 11.5. The summed E-state index contributed by atoms with van der Waals surface area (Å²) in [6.45, 7) is 5.37. The number of rotatable bonds is 3. The second-order valence-corrected chi connectivity index (χ2v) is 5.15. The number of nitrogens with one attached hydrogen (secondary N) is 1. The van der Waals surface area contributed by atoms with Crippen LogP contribution >= 0.6 is 0 Å². The monoisotopic (exact) mass is 223 g/mol. The van der Waals surface area contributed by atoms with Gasteiger partial charge in [0.2, 0.25) is 5.78 Å². The van der Waals surface area contributed by atoms with E-state index in [9.17, 15) is 9.59 Å². The van der Waals surface area contributed by atoms with Crippen LogP contribution in [-0.2, 0) is 9.53 Å². The van der Waals surface area contributed by atoms with Crippen molar-refractivity contribution in [3.05, 3.63) is 0 Å². The summed E-state index contributed by atoms with van der Waals surface area (Å²) in [6, 6.07) is 0. The zero-order chi connectivity index (χ0) is 12.4. The highest BCUT2D eigenvalue weighted by atomic mass is 16.6. The summed E-state index contributed by atoms with van der Waals surface area (Å²) in [7, 11) is 0. The largest absolute Gasteiger partial charge is 0.444 e. The lowest BCUT2D eigenvalue weighted by molar-refractivity contribution is -0.114. The van der Waals surface area contributed by atoms with E-state index in [0.717, 1.165) is 12.8 Å². The molecule has 1 aliphatic carbocycles. The molecule has 4 nitrogen and oxygen atoms in total. The molecular formula is C12H17NO3. The van der Waals surface area contributed by atoms with Crippen molar-refractivity contribution in [1.82, 2.24) is 5.32 Å². The van der Waals surface area contributed by atoms with Gasteiger partial charge in [0.1, 0.15) is 5.60 Å². The molecule has 1 amide bonds. The van der Waals surface area contributed by atoms with Crippen molar-refractivity contribution in [3.63, 3.8) is 0 Å². The number of ether oxygens (including phenoxy) is 1. The fourth-order valence-electron chi connectivity index (χ4n) is 1.38. The Balaban J connectivity index is 2.46. The summed E-state index contributed by atoms with van der Waals surface area (Å²) in [5.74, 6) is 1.77. The first-order chi connectivity index (χ1) is 7.26. The standard InChI is InChI=1S/C12H17NO3/c1-5-9(14)8-12(6-7-12)13-10(15)16-11(2,3)4/h1H,6-8H2,2-4H3,(H,13,15). The topological polar surface area (TPSA) is 55.4 Å². The van der Waals surface area contributed by atoms with Crippen LogP contribution in [0.25, 0.3) is 0 Å². The van der Waals surface area contributed by atoms with E-state index in [1.54, 1.807) is 20.8 Å². The Morgan fingerprint density at radius 1 is 1.44 bits per heavy atom. The van der Waals surface area contributed by atoms with Crippen LogP contribution in [-0.4, -0.2) is 23.0 Å². The highest BCUT2D eigenvalue weighted by Gasteiger charge is 2.46. The molecule has 1 aliphatic rings. The van der Waals surface area contributed by atoms with Crippen molar-refractivity contribution < 1.29 is 14.3 Å². The van der Waals surface area contributed by atoms with Crippen molar-refractivity contribution in [2.24, 2.45) is 0 Å². The first-order valence-corrected chi connectivity index (χ1v) is 5.27. The zero-order valence-electron chi connectivity index (χ0n) is 9.92. The molecule has 1 rings (SSSR count). The van der Waals surface area contributed by atoms with Crippen molar-refractivity contribution in [3.8, 4) is 12.3 Å². The number of hydrogen-bond acceptors (Lipinski definition) is 3. The van der Waals surface area contributed by atoms with Crippen LogP contribution in [0.1, 0.15) is 40.0 Å². The SMILES string of the molecule is C#CC(=O)CC1(NC(=O)OC(C)(C)C)CC1. The summed E-state index contributed by atoms with van der Waals surface area (Å²) in [5.41, 5.74) is -0.984. The molecule has 0 saturated heterocycles. The van der Waals surface area contributed by atoms with Gasteiger partial charge in [0.25, 0.3) is 0 Å². The van der Waals surface area contributed by atoms with Crippen LogP contribution in [0.15, 0.2) is 0 Å². The van der Waals surface area contributed by atoms with E-state index in [2.05, 4.69) is 11.2 Å². The van der Waals surface area contributed by atoms with Gasteiger partial charge in [-0.15, -0.1) is 6.42 Å². The van der Waals surface area contributed by atoms with Crippen LogP contribution in [0, 0.1) is 12.3 Å². The molecule has 0 aromatic heterocycles. The van der Waals surface area contributed by atoms with E-state index in [0.29, 0.717) is 0 Å². The summed E-state index contributed by atoms with van der Waals surface area (Å²) in [5, 5.41) is 2.71. The van der Waals surface area contributed by atoms with Gasteiger partial charge in [-0.1, -0.05) is 0 Å². The number of terminal acetylenes is 1. The number of alkyl carbamates (subject to hydrolysis) is 1. The summed E-state index contributed by atoms with van der Waals surface area (Å²) >= 11 is 0. The van der Waals surface area contributed by atoms with Gasteiger partial charge in [0, 0.05) is 6.42 Å². The van der Waals surface area contributed by atoms with E-state index < -0.39 is 17.2 Å². The minimum Gasteiger partial charge on any atom is -0.444 e. The molecule has 0 aromatic carbocycles. The van der Waals surface area contributed by atoms with Gasteiger partial charge in [-0.05, 0) is 39.5 Å². The third-order valence-corrected chi connectivity index (χ3v) is 2.28. The summed E-state index contributed by atoms with van der Waals surface area (Å²) in [6.07, 6.45) is 6.26. The van der Waals surface area contributed by atoms with Crippen LogP contribution in [0.5, 0.6) is 0 Å². The molecule has 0 heterocycles. The van der Waals surface area contributed by atoms with Crippen molar-refractivity contribution >= 4 is 11.9 Å². The van der Waals surface area contributed by atoms with Crippen molar-refractivity contribution in [1.29, 1.82) is 0 Å². The molecule has 4 heteroatoms. The maximum atomic E-state index is 11.5. The Kier molecular flexibility index (Phi) is 3.27. The molecule has 16 heavy (non-hydrogen) atoms. The smallest absolute Gasteiger partial charge is 0.408 e. The Bertz CT molecular complexity index is 342. The van der Waals surface area contributed by atoms with E-state index in [1.165, 1.54) is 0 Å². The molecular weight excluding hydrogens is 206 g/mol. The van der Waals surface area contributed by atoms with Crippen LogP contribution < -0.4 is 5.32 Å². The molecule has 0 unspecified atom stereocenters. The average Bonchev–Trinajstić information content (AvgIpc) is 2.80. The van der Waals surface area contributed by atoms with Crippen LogP contribution in [0.2, 0.25) is 0 Å². The van der Waals surface area contributed by atoms with Crippen molar-refractivity contribution in [2.45, 2.75) is 51.2 Å². The lowest BCUT2D eigenvalue weighted by Crippen LogP contribution is -2.41. The molecule has 1 fully saturated rings. The van der Waals surface area contributed by atoms with Gasteiger partial charge in [0.05, 0.1) is 5.54 Å². The van der Waals surface area contributed by atoms with Gasteiger partial charge in [-0.2, -0.15) is 0 Å². The summed E-state index contributed by atoms with van der Waals surface area (Å²) < 4.78 is 5.12. The minimum absolute atomic E-state index is 0.197. The first-order valence-electron chi connectivity index (χ1n) is 5.27. The number of hydrogen-bond donors (Lipinski definition) is 1. The fourth-order valence-corrected chi connectivity index (χ4v) is 1.38. The first kappa shape index (κ1) is 12.6. The Morgan fingerprint density at radius 2 is 2.00 bits per heavy atom. The Morgan fingerprint density at radius 3 is 2.38 bits per heavy atom. The molecule has 1 N–H and O–H groups in total. The summed E-state index contributed by atoms with van der Waals surface area (Å²) in [4.78, 5) is 22.6. The minimum atomic E-state index is -0.531. The normalized spacial score (nSPS) is 17.1. The molecule has 0 atom stereocenters. The third kappa shape index (κ3) is 3.93. The second kappa shape index (κ2) is 4.17. The maximum Gasteiger partial charge on any atom is 0.408 e. The highest BCUT2D eigenvalue weighted by Crippen LogP contribution is 2.39. The van der Waals surface area contributed by atoms with Gasteiger partial charge < -0.3 is 10.1 Å². The van der Waals surface area contributed by atoms with Crippen molar-refractivity contribution in [2.75, 3.05) is 0 Å². The molecule has 0 radical (unpaired) electrons. The number of ketones is 1. The predicted octanol–water partition coefficient (Wildman–Crippen LogP) is 1.64. The molecule has 1 saturated carbocycles. The van der Waals surface area contributed by atoms with E-state index in [4.69, 9.17) is 11.2 Å². The van der Waals surface area contributed by atoms with Gasteiger partial charge in [-0.3, -0.25) is 4.79 Å². The third-order valence-electron chi connectivity index (χ3n) is 2.28. The fraction of sp³-hybridized carbons (Fsp3) is 0.667. The number of carbonyl (C=O) groups is 2. The van der Waals surface area contributed by atoms with Crippen LogP contribution in [0.4, 0.5) is 4.79 Å². The predicted molar refractivity (Wildman–Crippen MR) is 59.8 cm³/mol. The molecule has 0 spiro atoms.